The van der Waals surface area contributed by atoms with Crippen molar-refractivity contribution in [3.63, 3.8) is 0 Å². The Morgan fingerprint density at radius 1 is 0.583 bits per heavy atom. The van der Waals surface area contributed by atoms with E-state index in [1.807, 2.05) is 104 Å². The molecule has 2 aliphatic heterocycles. The number of ether oxygens (including phenoxy) is 6. The van der Waals surface area contributed by atoms with Gasteiger partial charge in [-0.05, 0) is 127 Å². The summed E-state index contributed by atoms with van der Waals surface area (Å²) < 4.78 is 61.0. The normalized spacial score (nSPS) is 23.7. The van der Waals surface area contributed by atoms with E-state index in [4.69, 9.17) is 54.1 Å². The van der Waals surface area contributed by atoms with Crippen LogP contribution in [0.25, 0.3) is 44.6 Å². The summed E-state index contributed by atoms with van der Waals surface area (Å²) in [4.78, 5) is 125. The molecule has 12 atom stereocenters. The number of carboxylic acids is 1. The van der Waals surface area contributed by atoms with Gasteiger partial charge < -0.3 is 85.4 Å². The number of carbonyl (C=O) groups is 6. The van der Waals surface area contributed by atoms with Gasteiger partial charge in [-0.1, -0.05) is 81.4 Å². The summed E-state index contributed by atoms with van der Waals surface area (Å²) in [5.41, 5.74) is 7.12. The molecule has 6 heterocycles. The van der Waals surface area contributed by atoms with Crippen molar-refractivity contribution < 1.29 is 81.2 Å². The highest BCUT2D eigenvalue weighted by atomic mass is 32.1. The van der Waals surface area contributed by atoms with Crippen molar-refractivity contribution in [3.05, 3.63) is 84.6 Å². The minimum absolute atomic E-state index is 0.00380. The molecule has 5 amide bonds. The number of pyridine rings is 2. The van der Waals surface area contributed by atoms with Crippen molar-refractivity contribution in [1.82, 2.24) is 45.7 Å². The number of fused-ring (bicyclic) bond motifs is 2. The van der Waals surface area contributed by atoms with Crippen LogP contribution in [0.5, 0.6) is 23.0 Å². The summed E-state index contributed by atoms with van der Waals surface area (Å²) in [6, 6.07) is 10.6. The van der Waals surface area contributed by atoms with Gasteiger partial charge in [0.15, 0.2) is 10.3 Å². The first-order chi connectivity index (χ1) is 54.0. The van der Waals surface area contributed by atoms with E-state index < -0.39 is 120 Å². The van der Waals surface area contributed by atoms with Crippen molar-refractivity contribution in [2.45, 2.75) is 257 Å². The third-order valence-corrected chi connectivity index (χ3v) is 29.8. The number of hydrogen-bond acceptors (Lipinski definition) is 23. The first-order valence-electron chi connectivity index (χ1n) is 39.6. The number of rotatable bonds is 27. The molecule has 6 aromatic rings. The SMILES string of the molecule is C=C[C@@H]1C[C@]1(N)P(=O)(O)C(C)C.C=C[C@@H]1C[C@]1(NC(=O)[C@@H]1C[C@@H](Oc2cc(-c3csc(NC(C)C)n3)nc3cc(OC)ccc23)CN1C(=O)[C@@H](NC(=O)OC1CCCC1)C(C)(C)C)P(=O)(O)C(C)C.COc1ccc2c(O[C@@H]3C[C@@H](C(=O)O)N(C(=O)[C@@H](NC(=O)OC4CCCC4)C(C)(C)C)C3)cc(-c3csc(NC(C)C)n3)nc2c1. The lowest BCUT2D eigenvalue weighted by Crippen LogP contribution is -2.58. The fourth-order valence-corrected chi connectivity index (χ4v) is 21.1. The molecule has 4 aliphatic carbocycles. The summed E-state index contributed by atoms with van der Waals surface area (Å²) in [5.74, 6) is -0.896. The quantitative estimate of drug-likeness (QED) is 0.0171. The molecule has 115 heavy (non-hydrogen) atoms. The number of carboxylic acid groups (broad SMARTS) is 1. The van der Waals surface area contributed by atoms with Gasteiger partial charge in [0, 0.05) is 93.9 Å². The largest absolute Gasteiger partial charge is 0.497 e. The maximum Gasteiger partial charge on any atom is 0.408 e. The molecule has 6 aliphatic rings. The van der Waals surface area contributed by atoms with E-state index in [9.17, 15) is 52.8 Å². The van der Waals surface area contributed by atoms with E-state index in [-0.39, 0.29) is 68.2 Å². The van der Waals surface area contributed by atoms with Gasteiger partial charge in [-0.25, -0.2) is 34.3 Å². The molecular formula is C82H116N12O17P2S2. The minimum atomic E-state index is -3.93. The van der Waals surface area contributed by atoms with Gasteiger partial charge in [-0.15, -0.1) is 35.8 Å². The monoisotopic (exact) mass is 1670 g/mol. The molecular weight excluding hydrogens is 1550 g/mol. The molecule has 2 saturated heterocycles. The van der Waals surface area contributed by atoms with E-state index in [0.717, 1.165) is 61.6 Å². The minimum Gasteiger partial charge on any atom is -0.497 e. The number of likely N-dealkylation sites (tertiary alicyclic amines) is 2. The van der Waals surface area contributed by atoms with Gasteiger partial charge in [0.05, 0.1) is 49.7 Å². The van der Waals surface area contributed by atoms with Crippen LogP contribution in [0.4, 0.5) is 19.9 Å². The van der Waals surface area contributed by atoms with Crippen LogP contribution in [0.15, 0.2) is 84.6 Å². The van der Waals surface area contributed by atoms with Gasteiger partial charge in [-0.3, -0.25) is 23.5 Å². The topological polar surface area (TPSA) is 397 Å². The number of anilines is 2. The number of aromatic nitrogens is 4. The van der Waals surface area contributed by atoms with Crippen LogP contribution >= 0.6 is 37.4 Å². The number of benzene rings is 2. The molecule has 10 N–H and O–H groups in total. The van der Waals surface area contributed by atoms with Crippen LogP contribution < -0.4 is 51.3 Å². The molecule has 4 aromatic heterocycles. The highest BCUT2D eigenvalue weighted by Gasteiger charge is 2.67. The van der Waals surface area contributed by atoms with Crippen LogP contribution in [-0.2, 0) is 37.8 Å². The summed E-state index contributed by atoms with van der Waals surface area (Å²) in [6.07, 6.45) is 8.26. The van der Waals surface area contributed by atoms with Crippen molar-refractivity contribution >= 4 is 105 Å². The summed E-state index contributed by atoms with van der Waals surface area (Å²) >= 11 is 2.94. The van der Waals surface area contributed by atoms with Crippen molar-refractivity contribution in [1.29, 1.82) is 0 Å². The third kappa shape index (κ3) is 20.6. The van der Waals surface area contributed by atoms with Gasteiger partial charge in [0.25, 0.3) is 0 Å². The molecule has 29 nitrogen and oxygen atoms in total. The van der Waals surface area contributed by atoms with E-state index in [0.29, 0.717) is 74.0 Å². The first kappa shape index (κ1) is 88.9. The number of nitrogens with zero attached hydrogens (tertiary/aromatic N) is 6. The Labute approximate surface area is 681 Å². The predicted octanol–water partition coefficient (Wildman–Crippen LogP) is 14.5. The molecule has 0 bridgehead atoms. The molecule has 4 saturated carbocycles. The number of alkyl carbamates (subject to hydrolysis) is 2. The van der Waals surface area contributed by atoms with Gasteiger partial charge >= 0.3 is 18.2 Å². The molecule has 12 rings (SSSR count). The average Bonchev–Trinajstić information content (AvgIpc) is 1.80. The second kappa shape index (κ2) is 36.2. The predicted molar refractivity (Wildman–Crippen MR) is 448 cm³/mol. The number of aliphatic carboxylic acids is 1. The Hall–Kier alpha value is -8.44. The van der Waals surface area contributed by atoms with Crippen LogP contribution in [0.1, 0.15) is 174 Å². The number of nitrogens with two attached hydrogens (primary N) is 1. The van der Waals surface area contributed by atoms with E-state index in [1.54, 1.807) is 78.3 Å². The number of methoxy groups -OCH3 is 2. The number of nitrogens with one attached hydrogen (secondary N) is 5. The highest BCUT2D eigenvalue weighted by molar-refractivity contribution is 7.61. The zero-order chi connectivity index (χ0) is 84.2. The summed E-state index contributed by atoms with van der Waals surface area (Å²) in [7, 11) is -3.97. The fraction of sp³-hybridized carbons (Fsp3) is 0.585. The van der Waals surface area contributed by atoms with Crippen molar-refractivity contribution in [2.24, 2.45) is 28.4 Å². The van der Waals surface area contributed by atoms with Crippen LogP contribution in [-0.4, -0.2) is 190 Å². The van der Waals surface area contributed by atoms with E-state index in [2.05, 4.69) is 39.7 Å². The number of carbonyl (C=O) groups excluding carboxylic acids is 5. The fourth-order valence-electron chi connectivity index (χ4n) is 15.1. The maximum absolute atomic E-state index is 14.7. The molecule has 0 spiro atoms. The Balaban J connectivity index is 0.000000215. The average molecular weight is 1670 g/mol. The zero-order valence-corrected chi connectivity index (χ0v) is 72.3. The Morgan fingerprint density at radius 3 is 1.35 bits per heavy atom. The van der Waals surface area contributed by atoms with Gasteiger partial charge in [-0.2, -0.15) is 0 Å². The number of hydrogen-bond donors (Lipinski definition) is 9. The van der Waals surface area contributed by atoms with Crippen molar-refractivity contribution in [2.75, 3.05) is 37.9 Å². The summed E-state index contributed by atoms with van der Waals surface area (Å²) in [5, 5.41) is 29.8. The standard InChI is InChI=1S/C41H57N6O8PS.C33H43N5O7S.C8H16NO2P/c1-10-25-20-41(25,56(51,52)24(4)5)46-36(48)33-18-28(21-47(33)37(49)35(40(6,7)8)45-39(50)55-26-13-11-12-14-26)54-34-19-31(32-22-57-38(44-32)42-23(2)3)43-30-17-27(53-9)15-16-29(30)34;1-18(2)34-31-36-25(17-46-31)24-15-27(22-12-11-20(43-6)13-23(22)35-24)44-21-14-26(30(40)41)38(16-21)29(39)28(33(3,4)5)37-32(42)45-19-9-7-8-10-19;1-4-7-5-8(7,9)12(10,11)6(2)3/h10,15-17,19,22-26,28,33,35H,1,11-14,18,20-21H2,2-9H3,(H,42,44)(H,45,50)(H,46,48)(H,51,52);11-13,15,17-19,21,26,28H,7-10,14,16H2,1-6H3,(H,34,36)(H,37,42)(H,40,41);4,6-7H,1,5,9H2,2-3H3,(H,10,11)/t25-,28-,33+,35-,41+;21-,26+,28-;7-,8+/m111/s1. The second-order valence-corrected chi connectivity index (χ2v) is 42.1. The highest BCUT2D eigenvalue weighted by Crippen LogP contribution is 2.72. The molecule has 33 heteroatoms. The van der Waals surface area contributed by atoms with E-state index in [1.165, 1.54) is 32.5 Å². The van der Waals surface area contributed by atoms with Crippen LogP contribution in [0.3, 0.4) is 0 Å². The molecule has 0 radical (unpaired) electrons. The zero-order valence-electron chi connectivity index (χ0n) is 68.9. The summed E-state index contributed by atoms with van der Waals surface area (Å²) in [6.45, 7) is 33.3. The molecule has 6 fully saturated rings. The molecule has 2 unspecified atom stereocenters. The Kier molecular flexibility index (Phi) is 28.0. The lowest BCUT2D eigenvalue weighted by atomic mass is 9.85. The lowest BCUT2D eigenvalue weighted by Gasteiger charge is -2.36. The first-order valence-corrected chi connectivity index (χ1v) is 44.8. The number of amides is 5. The smallest absolute Gasteiger partial charge is 0.408 e. The second-order valence-electron chi connectivity index (χ2n) is 34.2. The Bertz CT molecular complexity index is 4650. The maximum atomic E-state index is 14.7. The van der Waals surface area contributed by atoms with Gasteiger partial charge in [0.2, 0.25) is 32.5 Å². The third-order valence-electron chi connectivity index (χ3n) is 22.0. The molecule has 2 aromatic carbocycles. The van der Waals surface area contributed by atoms with Crippen molar-refractivity contribution in [3.8, 4) is 45.8 Å². The van der Waals surface area contributed by atoms with Crippen LogP contribution in [0.2, 0.25) is 0 Å². The number of thiazole rings is 2. The lowest BCUT2D eigenvalue weighted by molar-refractivity contribution is -0.150. The van der Waals surface area contributed by atoms with Gasteiger partial charge in [0.1, 0.15) is 93.5 Å². The van der Waals surface area contributed by atoms with Crippen LogP contribution in [0, 0.1) is 22.7 Å². The Morgan fingerprint density at radius 2 is 0.991 bits per heavy atom. The van der Waals surface area contributed by atoms with E-state index >= 15 is 0 Å². The molecule has 628 valence electrons.